The fourth-order valence-electron chi connectivity index (χ4n) is 1.92. The van der Waals surface area contributed by atoms with Gasteiger partial charge in [-0.1, -0.05) is 12.1 Å². The molecule has 0 bridgehead atoms. The molecule has 0 saturated heterocycles. The summed E-state index contributed by atoms with van der Waals surface area (Å²) in [5.74, 6) is 0. The first-order valence-corrected chi connectivity index (χ1v) is 7.74. The molecule has 1 aromatic rings. The maximum Gasteiger partial charge on any atom is 0.319 e. The Morgan fingerprint density at radius 3 is 2.55 bits per heavy atom. The van der Waals surface area contributed by atoms with E-state index >= 15 is 0 Å². The van der Waals surface area contributed by atoms with E-state index in [9.17, 15) is 4.79 Å². The van der Waals surface area contributed by atoms with Crippen LogP contribution in [0.25, 0.3) is 0 Å². The van der Waals surface area contributed by atoms with Crippen molar-refractivity contribution < 1.29 is 4.79 Å². The number of rotatable bonds is 8. The highest BCUT2D eigenvalue weighted by Gasteiger charge is 2.03. The number of anilines is 1. The highest BCUT2D eigenvalue weighted by Crippen LogP contribution is 2.09. The summed E-state index contributed by atoms with van der Waals surface area (Å²) >= 11 is 0. The molecule has 5 nitrogen and oxygen atoms in total. The van der Waals surface area contributed by atoms with Crippen LogP contribution in [0.15, 0.2) is 24.3 Å². The molecule has 120 valence electrons. The van der Waals surface area contributed by atoms with Crippen molar-refractivity contribution in [3.63, 3.8) is 0 Å². The smallest absolute Gasteiger partial charge is 0.319 e. The number of nitrogens with one attached hydrogen (secondary N) is 2. The van der Waals surface area contributed by atoms with Crippen molar-refractivity contribution >= 4 is 11.7 Å². The van der Waals surface area contributed by atoms with Crippen molar-refractivity contribution in [3.05, 3.63) is 29.8 Å². The summed E-state index contributed by atoms with van der Waals surface area (Å²) in [7, 11) is 2.11. The van der Waals surface area contributed by atoms with Crippen molar-refractivity contribution in [2.75, 3.05) is 25.5 Å². The monoisotopic (exact) mass is 302 g/mol. The number of amides is 2. The predicted octanol–water partition coefficient (Wildman–Crippen LogP) is 2.99. The van der Waals surface area contributed by atoms with Crippen LogP contribution in [0.5, 0.6) is 0 Å². The number of hydrogen-bond acceptors (Lipinski definition) is 3. The lowest BCUT2D eigenvalue weighted by molar-refractivity contribution is 0.250. The Labute approximate surface area is 133 Å². The average Bonchev–Trinajstić information content (AvgIpc) is 2.49. The summed E-state index contributed by atoms with van der Waals surface area (Å²) in [5.41, 5.74) is 1.68. The molecule has 2 N–H and O–H groups in total. The second kappa shape index (κ2) is 9.80. The van der Waals surface area contributed by atoms with E-state index in [1.54, 1.807) is 0 Å². The Kier molecular flexibility index (Phi) is 8.01. The van der Waals surface area contributed by atoms with Gasteiger partial charge in [0.2, 0.25) is 0 Å². The predicted molar refractivity (Wildman–Crippen MR) is 89.8 cm³/mol. The highest BCUT2D eigenvalue weighted by atomic mass is 16.2. The van der Waals surface area contributed by atoms with E-state index in [0.717, 1.165) is 30.6 Å². The quantitative estimate of drug-likeness (QED) is 0.725. The van der Waals surface area contributed by atoms with E-state index in [0.29, 0.717) is 19.0 Å². The Morgan fingerprint density at radius 2 is 1.95 bits per heavy atom. The molecule has 0 fully saturated rings. The Bertz CT molecular complexity index is 490. The number of carbonyl (C=O) groups excluding carboxylic acids is 1. The lowest BCUT2D eigenvalue weighted by Crippen LogP contribution is -2.31. The minimum atomic E-state index is -0.190. The van der Waals surface area contributed by atoms with Gasteiger partial charge in [0.1, 0.15) is 0 Å². The molecular formula is C17H26N4O. The van der Waals surface area contributed by atoms with Gasteiger partial charge in [-0.25, -0.2) is 4.79 Å². The van der Waals surface area contributed by atoms with Crippen LogP contribution in [0.3, 0.4) is 0 Å². The molecule has 2 amide bonds. The van der Waals surface area contributed by atoms with Gasteiger partial charge in [0.15, 0.2) is 0 Å². The number of benzene rings is 1. The molecule has 1 rings (SSSR count). The van der Waals surface area contributed by atoms with E-state index in [4.69, 9.17) is 5.26 Å². The molecule has 0 unspecified atom stereocenters. The van der Waals surface area contributed by atoms with Crippen molar-refractivity contribution in [2.45, 2.75) is 39.2 Å². The topological polar surface area (TPSA) is 68.2 Å². The molecule has 0 spiro atoms. The molecule has 0 aliphatic heterocycles. The van der Waals surface area contributed by atoms with E-state index in [2.05, 4.69) is 42.5 Å². The van der Waals surface area contributed by atoms with Crippen LogP contribution in [-0.2, 0) is 6.42 Å². The summed E-state index contributed by atoms with van der Waals surface area (Å²) in [6.07, 6.45) is 2.42. The van der Waals surface area contributed by atoms with Gasteiger partial charge >= 0.3 is 6.03 Å². The summed E-state index contributed by atoms with van der Waals surface area (Å²) in [4.78, 5) is 14.0. The van der Waals surface area contributed by atoms with Gasteiger partial charge in [0.05, 0.1) is 12.5 Å². The van der Waals surface area contributed by atoms with Gasteiger partial charge in [-0.15, -0.1) is 0 Å². The lowest BCUT2D eigenvalue weighted by atomic mass is 10.1. The molecule has 0 radical (unpaired) electrons. The van der Waals surface area contributed by atoms with Crippen LogP contribution in [-0.4, -0.2) is 37.1 Å². The number of urea groups is 1. The van der Waals surface area contributed by atoms with Gasteiger partial charge in [0.25, 0.3) is 0 Å². The zero-order chi connectivity index (χ0) is 16.4. The number of unbranched alkanes of at least 4 members (excludes halogenated alkanes) is 1. The Hall–Kier alpha value is -2.06. The van der Waals surface area contributed by atoms with Crippen LogP contribution < -0.4 is 10.6 Å². The van der Waals surface area contributed by atoms with Crippen LogP contribution >= 0.6 is 0 Å². The van der Waals surface area contributed by atoms with E-state index in [1.165, 1.54) is 0 Å². The fourth-order valence-corrected chi connectivity index (χ4v) is 1.92. The van der Waals surface area contributed by atoms with Gasteiger partial charge in [0, 0.05) is 18.3 Å². The Morgan fingerprint density at radius 1 is 1.27 bits per heavy atom. The number of nitriles is 1. The minimum absolute atomic E-state index is 0.190. The zero-order valence-corrected chi connectivity index (χ0v) is 13.7. The summed E-state index contributed by atoms with van der Waals surface area (Å²) in [6, 6.07) is 9.78. The molecule has 0 heterocycles. The molecule has 0 atom stereocenters. The summed E-state index contributed by atoms with van der Waals surface area (Å²) in [6.45, 7) is 6.06. The molecule has 1 aromatic carbocycles. The maximum atomic E-state index is 11.7. The molecular weight excluding hydrogens is 276 g/mol. The van der Waals surface area contributed by atoms with Gasteiger partial charge in [-0.05, 0) is 58.0 Å². The van der Waals surface area contributed by atoms with E-state index < -0.39 is 0 Å². The average molecular weight is 302 g/mol. The summed E-state index contributed by atoms with van der Waals surface area (Å²) in [5, 5.41) is 14.2. The van der Waals surface area contributed by atoms with Crippen molar-refractivity contribution in [2.24, 2.45) is 0 Å². The maximum absolute atomic E-state index is 11.7. The van der Waals surface area contributed by atoms with Crippen LogP contribution in [0.4, 0.5) is 10.5 Å². The zero-order valence-electron chi connectivity index (χ0n) is 13.7. The van der Waals surface area contributed by atoms with Crippen LogP contribution in [0, 0.1) is 11.3 Å². The first-order valence-electron chi connectivity index (χ1n) is 7.74. The molecule has 0 aliphatic carbocycles. The van der Waals surface area contributed by atoms with Crippen molar-refractivity contribution in [1.29, 1.82) is 5.26 Å². The number of carbonyl (C=O) groups is 1. The van der Waals surface area contributed by atoms with Crippen LogP contribution in [0.2, 0.25) is 0 Å². The highest BCUT2D eigenvalue weighted by molar-refractivity contribution is 5.89. The van der Waals surface area contributed by atoms with Gasteiger partial charge < -0.3 is 15.5 Å². The molecule has 0 aromatic heterocycles. The molecule has 5 heteroatoms. The Balaban J connectivity index is 2.19. The fraction of sp³-hybridized carbons (Fsp3) is 0.529. The van der Waals surface area contributed by atoms with Gasteiger partial charge in [-0.2, -0.15) is 5.26 Å². The van der Waals surface area contributed by atoms with Crippen molar-refractivity contribution in [3.8, 4) is 6.07 Å². The lowest BCUT2D eigenvalue weighted by Gasteiger charge is -2.20. The molecule has 0 saturated carbocycles. The van der Waals surface area contributed by atoms with E-state index in [-0.39, 0.29) is 6.03 Å². The van der Waals surface area contributed by atoms with E-state index in [1.807, 2.05) is 24.3 Å². The first kappa shape index (κ1) is 18.0. The first-order chi connectivity index (χ1) is 10.5. The molecule has 22 heavy (non-hydrogen) atoms. The second-order valence-corrected chi connectivity index (χ2v) is 5.69. The molecule has 0 aliphatic rings. The SMILES string of the molecule is CC(C)N(C)CCCCNC(=O)Nc1ccc(CC#N)cc1. The second-order valence-electron chi connectivity index (χ2n) is 5.69. The third-order valence-corrected chi connectivity index (χ3v) is 3.60. The van der Waals surface area contributed by atoms with Crippen molar-refractivity contribution in [1.82, 2.24) is 10.2 Å². The summed E-state index contributed by atoms with van der Waals surface area (Å²) < 4.78 is 0. The standard InChI is InChI=1S/C17H26N4O/c1-14(2)21(3)13-5-4-12-19-17(22)20-16-8-6-15(7-9-16)10-11-18/h6-9,14H,4-5,10,12-13H2,1-3H3,(H2,19,20,22). The van der Waals surface area contributed by atoms with Crippen LogP contribution in [0.1, 0.15) is 32.3 Å². The normalized spacial score (nSPS) is 10.5. The minimum Gasteiger partial charge on any atom is -0.338 e. The van der Waals surface area contributed by atoms with Gasteiger partial charge in [-0.3, -0.25) is 0 Å². The number of hydrogen-bond donors (Lipinski definition) is 2. The number of nitrogens with zero attached hydrogens (tertiary/aromatic N) is 2. The third kappa shape index (κ3) is 7.09. The third-order valence-electron chi connectivity index (χ3n) is 3.60. The largest absolute Gasteiger partial charge is 0.338 e.